The van der Waals surface area contributed by atoms with Gasteiger partial charge in [0.05, 0.1) is 0 Å². The Balaban J connectivity index is 2.33. The molecule has 0 fully saturated rings. The van der Waals surface area contributed by atoms with Gasteiger partial charge in [-0.15, -0.1) is 0 Å². The van der Waals surface area contributed by atoms with Gasteiger partial charge in [-0.3, -0.25) is 14.5 Å². The van der Waals surface area contributed by atoms with Crippen molar-refractivity contribution in [1.82, 2.24) is 4.90 Å². The van der Waals surface area contributed by atoms with E-state index in [1.807, 2.05) is 6.92 Å². The van der Waals surface area contributed by atoms with Gasteiger partial charge in [0.2, 0.25) is 0 Å². The molecule has 1 aliphatic rings. The molecule has 0 radical (unpaired) electrons. The summed E-state index contributed by atoms with van der Waals surface area (Å²) in [5.41, 5.74) is 0. The van der Waals surface area contributed by atoms with Gasteiger partial charge in [-0.25, -0.2) is 0 Å². The summed E-state index contributed by atoms with van der Waals surface area (Å²) in [7, 11) is 0. The molecule has 1 heterocycles. The highest BCUT2D eigenvalue weighted by molar-refractivity contribution is 6.13. The summed E-state index contributed by atoms with van der Waals surface area (Å²) in [5, 5.41) is 0. The van der Waals surface area contributed by atoms with Crippen LogP contribution in [0.15, 0.2) is 12.2 Å². The van der Waals surface area contributed by atoms with Crippen LogP contribution in [-0.4, -0.2) is 22.8 Å². The number of carbonyl (C=O) groups is 2. The SMILES string of the molecule is CCCCCCC[C@H](CC)N1C(=O)C=CC1=O. The lowest BCUT2D eigenvalue weighted by molar-refractivity contribution is -0.139. The van der Waals surface area contributed by atoms with E-state index in [9.17, 15) is 9.59 Å². The fourth-order valence-corrected chi connectivity index (χ4v) is 2.27. The molecular formula is C14H23NO2. The fourth-order valence-electron chi connectivity index (χ4n) is 2.27. The number of hydrogen-bond acceptors (Lipinski definition) is 2. The van der Waals surface area contributed by atoms with Crippen molar-refractivity contribution in [2.45, 2.75) is 64.8 Å². The molecule has 1 atom stereocenters. The van der Waals surface area contributed by atoms with Crippen LogP contribution in [0.1, 0.15) is 58.8 Å². The van der Waals surface area contributed by atoms with Crippen LogP contribution in [0.3, 0.4) is 0 Å². The number of rotatable bonds is 8. The smallest absolute Gasteiger partial charge is 0.253 e. The quantitative estimate of drug-likeness (QED) is 0.480. The zero-order chi connectivity index (χ0) is 12.7. The zero-order valence-electron chi connectivity index (χ0n) is 10.9. The Morgan fingerprint density at radius 3 is 2.12 bits per heavy atom. The van der Waals surface area contributed by atoms with Gasteiger partial charge in [0.25, 0.3) is 11.8 Å². The van der Waals surface area contributed by atoms with E-state index in [0.29, 0.717) is 0 Å². The molecule has 1 rings (SSSR count). The Labute approximate surface area is 104 Å². The van der Waals surface area contributed by atoms with Gasteiger partial charge < -0.3 is 0 Å². The lowest BCUT2D eigenvalue weighted by Crippen LogP contribution is -2.39. The number of hydrogen-bond donors (Lipinski definition) is 0. The molecule has 0 saturated carbocycles. The molecule has 0 aromatic rings. The molecule has 0 aromatic carbocycles. The topological polar surface area (TPSA) is 37.4 Å². The first kappa shape index (κ1) is 13.9. The van der Waals surface area contributed by atoms with Crippen molar-refractivity contribution in [1.29, 1.82) is 0 Å². The van der Waals surface area contributed by atoms with E-state index in [0.717, 1.165) is 19.3 Å². The minimum absolute atomic E-state index is 0.0895. The van der Waals surface area contributed by atoms with E-state index < -0.39 is 0 Å². The summed E-state index contributed by atoms with van der Waals surface area (Å²) in [6.07, 6.45) is 10.6. The molecule has 2 amide bonds. The number of unbranched alkanes of at least 4 members (excludes halogenated alkanes) is 4. The molecule has 96 valence electrons. The maximum absolute atomic E-state index is 11.5. The van der Waals surface area contributed by atoms with Crippen LogP contribution >= 0.6 is 0 Å². The van der Waals surface area contributed by atoms with Crippen LogP contribution in [0.5, 0.6) is 0 Å². The van der Waals surface area contributed by atoms with Gasteiger partial charge in [-0.05, 0) is 12.8 Å². The van der Waals surface area contributed by atoms with Gasteiger partial charge in [0.1, 0.15) is 0 Å². The molecule has 0 aliphatic carbocycles. The third kappa shape index (κ3) is 3.99. The average Bonchev–Trinajstić information content (AvgIpc) is 2.65. The molecule has 3 heteroatoms. The first-order valence-corrected chi connectivity index (χ1v) is 6.76. The van der Waals surface area contributed by atoms with E-state index in [-0.39, 0.29) is 17.9 Å². The summed E-state index contributed by atoms with van der Waals surface area (Å²) in [4.78, 5) is 24.5. The normalized spacial score (nSPS) is 16.9. The summed E-state index contributed by atoms with van der Waals surface area (Å²) >= 11 is 0. The highest BCUT2D eigenvalue weighted by Gasteiger charge is 2.29. The Bertz CT molecular complexity index is 279. The van der Waals surface area contributed by atoms with Crippen LogP contribution < -0.4 is 0 Å². The number of carbonyl (C=O) groups excluding carboxylic acids is 2. The molecule has 0 N–H and O–H groups in total. The van der Waals surface area contributed by atoms with Crippen molar-refractivity contribution in [3.63, 3.8) is 0 Å². The Morgan fingerprint density at radius 2 is 1.59 bits per heavy atom. The number of amides is 2. The third-order valence-electron chi connectivity index (χ3n) is 3.32. The highest BCUT2D eigenvalue weighted by Crippen LogP contribution is 2.18. The van der Waals surface area contributed by atoms with Crippen LogP contribution in [0, 0.1) is 0 Å². The van der Waals surface area contributed by atoms with Crippen molar-refractivity contribution < 1.29 is 9.59 Å². The standard InChI is InChI=1S/C14H23NO2/c1-3-5-6-7-8-9-12(4-2)15-13(16)10-11-14(15)17/h10-12H,3-9H2,1-2H3/t12-/m0/s1. The Hall–Kier alpha value is -1.12. The fraction of sp³-hybridized carbons (Fsp3) is 0.714. The van der Waals surface area contributed by atoms with Gasteiger partial charge in [0, 0.05) is 18.2 Å². The van der Waals surface area contributed by atoms with E-state index in [1.54, 1.807) is 0 Å². The number of imide groups is 1. The second kappa shape index (κ2) is 7.25. The minimum Gasteiger partial charge on any atom is -0.272 e. The molecule has 0 saturated heterocycles. The average molecular weight is 237 g/mol. The maximum atomic E-state index is 11.5. The lowest BCUT2D eigenvalue weighted by atomic mass is 10.0. The molecule has 1 aliphatic heterocycles. The zero-order valence-corrected chi connectivity index (χ0v) is 10.9. The van der Waals surface area contributed by atoms with Crippen LogP contribution in [0.2, 0.25) is 0 Å². The van der Waals surface area contributed by atoms with Crippen molar-refractivity contribution in [2.75, 3.05) is 0 Å². The highest BCUT2D eigenvalue weighted by atomic mass is 16.2. The van der Waals surface area contributed by atoms with Gasteiger partial charge in [-0.1, -0.05) is 46.0 Å². The predicted molar refractivity (Wildman–Crippen MR) is 68.4 cm³/mol. The summed E-state index contributed by atoms with van der Waals surface area (Å²) in [6, 6.07) is 0.0895. The van der Waals surface area contributed by atoms with E-state index in [1.165, 1.54) is 42.7 Å². The van der Waals surface area contributed by atoms with Crippen molar-refractivity contribution in [3.05, 3.63) is 12.2 Å². The molecule has 0 unspecified atom stereocenters. The first-order chi connectivity index (χ1) is 8.20. The van der Waals surface area contributed by atoms with Crippen molar-refractivity contribution in [3.8, 4) is 0 Å². The van der Waals surface area contributed by atoms with Crippen molar-refractivity contribution in [2.24, 2.45) is 0 Å². The van der Waals surface area contributed by atoms with Crippen LogP contribution in [0.25, 0.3) is 0 Å². The maximum Gasteiger partial charge on any atom is 0.253 e. The predicted octanol–water partition coefficient (Wildman–Crippen LogP) is 3.05. The van der Waals surface area contributed by atoms with Crippen LogP contribution in [-0.2, 0) is 9.59 Å². The van der Waals surface area contributed by atoms with Crippen LogP contribution in [0.4, 0.5) is 0 Å². The second-order valence-electron chi connectivity index (χ2n) is 4.64. The largest absolute Gasteiger partial charge is 0.272 e. The molecular weight excluding hydrogens is 214 g/mol. The van der Waals surface area contributed by atoms with E-state index in [2.05, 4.69) is 6.92 Å². The summed E-state index contributed by atoms with van der Waals surface area (Å²) in [5.74, 6) is -0.286. The molecule has 0 bridgehead atoms. The summed E-state index contributed by atoms with van der Waals surface area (Å²) in [6.45, 7) is 4.23. The second-order valence-corrected chi connectivity index (χ2v) is 4.64. The Morgan fingerprint density at radius 1 is 1.00 bits per heavy atom. The van der Waals surface area contributed by atoms with Gasteiger partial charge >= 0.3 is 0 Å². The minimum atomic E-state index is -0.143. The molecule has 17 heavy (non-hydrogen) atoms. The van der Waals surface area contributed by atoms with Gasteiger partial charge in [-0.2, -0.15) is 0 Å². The third-order valence-corrected chi connectivity index (χ3v) is 3.32. The number of nitrogens with zero attached hydrogens (tertiary/aromatic N) is 1. The monoisotopic (exact) mass is 237 g/mol. The Kier molecular flexibility index (Phi) is 5.95. The van der Waals surface area contributed by atoms with Gasteiger partial charge in [0.15, 0.2) is 0 Å². The van der Waals surface area contributed by atoms with E-state index in [4.69, 9.17) is 0 Å². The first-order valence-electron chi connectivity index (χ1n) is 6.76. The lowest BCUT2D eigenvalue weighted by Gasteiger charge is -2.25. The molecule has 3 nitrogen and oxygen atoms in total. The molecule has 0 spiro atoms. The molecule has 0 aromatic heterocycles. The van der Waals surface area contributed by atoms with Crippen molar-refractivity contribution >= 4 is 11.8 Å². The summed E-state index contributed by atoms with van der Waals surface area (Å²) < 4.78 is 0. The van der Waals surface area contributed by atoms with E-state index >= 15 is 0 Å².